The molecule has 0 saturated heterocycles. The minimum absolute atomic E-state index is 0.325. The Kier molecular flexibility index (Phi) is 6.84. The van der Waals surface area contributed by atoms with Crippen LogP contribution in [-0.4, -0.2) is 43.7 Å². The molecule has 0 atom stereocenters. The summed E-state index contributed by atoms with van der Waals surface area (Å²) in [6, 6.07) is 8.75. The van der Waals surface area contributed by atoms with Gasteiger partial charge in [0.15, 0.2) is 0 Å². The van der Waals surface area contributed by atoms with Gasteiger partial charge in [0.1, 0.15) is 23.2 Å². The van der Waals surface area contributed by atoms with Gasteiger partial charge in [0, 0.05) is 31.9 Å². The van der Waals surface area contributed by atoms with Gasteiger partial charge in [-0.05, 0) is 32.0 Å². The predicted molar refractivity (Wildman–Crippen MR) is 103 cm³/mol. The molecule has 2 aromatic rings. The zero-order valence-electron chi connectivity index (χ0n) is 15.3. The lowest BCUT2D eigenvalue weighted by atomic mass is 10.1. The summed E-state index contributed by atoms with van der Waals surface area (Å²) in [6.45, 7) is 3.92. The smallest absolute Gasteiger partial charge is 0.338 e. The Labute approximate surface area is 152 Å². The first-order valence-corrected chi connectivity index (χ1v) is 8.15. The molecule has 0 spiro atoms. The van der Waals surface area contributed by atoms with Crippen LogP contribution in [0, 0.1) is 6.92 Å². The number of aromatic nitrogens is 1. The van der Waals surface area contributed by atoms with Gasteiger partial charge in [0.25, 0.3) is 0 Å². The molecule has 0 aliphatic heterocycles. The van der Waals surface area contributed by atoms with Gasteiger partial charge in [0.2, 0.25) is 0 Å². The van der Waals surface area contributed by atoms with Crippen molar-refractivity contribution < 1.29 is 14.3 Å². The third-order valence-electron chi connectivity index (χ3n) is 3.49. The molecule has 26 heavy (non-hydrogen) atoms. The van der Waals surface area contributed by atoms with Gasteiger partial charge in [-0.1, -0.05) is 6.07 Å². The number of ether oxygens (including phenoxy) is 2. The summed E-state index contributed by atoms with van der Waals surface area (Å²) in [5.41, 5.74) is 1.20. The third kappa shape index (κ3) is 4.89. The predicted octanol–water partition coefficient (Wildman–Crippen LogP) is 3.50. The largest absolute Gasteiger partial charge is 0.462 e. The van der Waals surface area contributed by atoms with Crippen molar-refractivity contribution in [3.05, 3.63) is 47.7 Å². The van der Waals surface area contributed by atoms with E-state index in [1.807, 2.05) is 6.92 Å². The second kappa shape index (κ2) is 9.31. The lowest BCUT2D eigenvalue weighted by Crippen LogP contribution is -2.14. The fourth-order valence-corrected chi connectivity index (χ4v) is 2.22. The molecule has 0 radical (unpaired) electrons. The minimum atomic E-state index is -0.366. The van der Waals surface area contributed by atoms with E-state index in [2.05, 4.69) is 20.3 Å². The number of hydrogen-bond acceptors (Lipinski definition) is 6. The number of amidine groups is 1. The van der Waals surface area contributed by atoms with Gasteiger partial charge in [-0.25, -0.2) is 9.78 Å². The van der Waals surface area contributed by atoms with Crippen molar-refractivity contribution in [3.63, 3.8) is 0 Å². The molecule has 7 heteroatoms. The highest BCUT2D eigenvalue weighted by molar-refractivity contribution is 6.34. The number of rotatable bonds is 6. The van der Waals surface area contributed by atoms with Gasteiger partial charge in [-0.3, -0.25) is 9.98 Å². The van der Waals surface area contributed by atoms with Gasteiger partial charge >= 0.3 is 5.97 Å². The first-order valence-electron chi connectivity index (χ1n) is 8.15. The zero-order chi connectivity index (χ0) is 18.9. The maximum absolute atomic E-state index is 12.0. The Morgan fingerprint density at radius 1 is 1.31 bits per heavy atom. The number of pyridine rings is 1. The van der Waals surface area contributed by atoms with Crippen molar-refractivity contribution >= 4 is 23.8 Å². The number of hydrogen-bond donors (Lipinski definition) is 1. The Balaban J connectivity index is 2.23. The number of anilines is 1. The molecule has 0 aliphatic rings. The number of esters is 1. The van der Waals surface area contributed by atoms with Gasteiger partial charge in [-0.2, -0.15) is 0 Å². The summed E-state index contributed by atoms with van der Waals surface area (Å²) >= 11 is 0. The van der Waals surface area contributed by atoms with Crippen LogP contribution in [0.25, 0.3) is 0 Å². The number of nitrogens with one attached hydrogen (secondary N) is 1. The standard InChI is InChI=1S/C19H22N4O3/c1-5-25-19(24)15-7-6-8-16(13(15)2)26-14-9-10-22-17(11-14)23-18(21-4)12-20-3/h6-12H,5H2,1-4H3,(H,21,22,23). The van der Waals surface area contributed by atoms with Gasteiger partial charge in [0.05, 0.1) is 18.4 Å². The Bertz CT molecular complexity index is 831. The van der Waals surface area contributed by atoms with Crippen molar-refractivity contribution in [1.29, 1.82) is 0 Å². The van der Waals surface area contributed by atoms with E-state index < -0.39 is 0 Å². The summed E-state index contributed by atoms with van der Waals surface area (Å²) in [7, 11) is 3.33. The van der Waals surface area contributed by atoms with Crippen LogP contribution in [0.4, 0.5) is 5.82 Å². The van der Waals surface area contributed by atoms with E-state index in [1.165, 1.54) is 0 Å². The molecule has 0 saturated carbocycles. The van der Waals surface area contributed by atoms with Crippen molar-refractivity contribution in [2.24, 2.45) is 9.98 Å². The Morgan fingerprint density at radius 2 is 2.12 bits per heavy atom. The summed E-state index contributed by atoms with van der Waals surface area (Å²) in [5, 5.41) is 3.05. The molecule has 0 unspecified atom stereocenters. The van der Waals surface area contributed by atoms with Crippen LogP contribution in [0.3, 0.4) is 0 Å². The lowest BCUT2D eigenvalue weighted by molar-refractivity contribution is 0.0525. The number of nitrogens with zero attached hydrogens (tertiary/aromatic N) is 3. The van der Waals surface area contributed by atoms with Crippen molar-refractivity contribution in [2.45, 2.75) is 13.8 Å². The second-order valence-electron chi connectivity index (χ2n) is 5.25. The fourth-order valence-electron chi connectivity index (χ4n) is 2.22. The second-order valence-corrected chi connectivity index (χ2v) is 5.25. The van der Waals surface area contributed by atoms with E-state index in [4.69, 9.17) is 9.47 Å². The molecular weight excluding hydrogens is 332 g/mol. The van der Waals surface area contributed by atoms with Crippen LogP contribution in [0.5, 0.6) is 11.5 Å². The molecular formula is C19H22N4O3. The molecule has 1 aromatic carbocycles. The summed E-state index contributed by atoms with van der Waals surface area (Å²) in [6.07, 6.45) is 3.22. The topological polar surface area (TPSA) is 85.2 Å². The quantitative estimate of drug-likeness (QED) is 0.487. The van der Waals surface area contributed by atoms with Crippen LogP contribution >= 0.6 is 0 Å². The summed E-state index contributed by atoms with van der Waals surface area (Å²) in [5.74, 6) is 1.94. The molecule has 0 aliphatic carbocycles. The monoisotopic (exact) mass is 354 g/mol. The average molecular weight is 354 g/mol. The Morgan fingerprint density at radius 3 is 2.81 bits per heavy atom. The fraction of sp³-hybridized carbons (Fsp3) is 0.263. The first kappa shape index (κ1) is 19.1. The molecule has 1 aromatic heterocycles. The number of aliphatic imine (C=N–C) groups is 2. The maximum Gasteiger partial charge on any atom is 0.338 e. The summed E-state index contributed by atoms with van der Waals surface area (Å²) in [4.78, 5) is 24.3. The van der Waals surface area contributed by atoms with E-state index in [0.29, 0.717) is 40.9 Å². The highest BCUT2D eigenvalue weighted by Gasteiger charge is 2.14. The van der Waals surface area contributed by atoms with E-state index in [9.17, 15) is 4.79 Å². The molecule has 1 heterocycles. The van der Waals surface area contributed by atoms with Gasteiger partial charge in [-0.15, -0.1) is 0 Å². The van der Waals surface area contributed by atoms with Crippen LogP contribution < -0.4 is 10.1 Å². The maximum atomic E-state index is 12.0. The minimum Gasteiger partial charge on any atom is -0.462 e. The van der Waals surface area contributed by atoms with Crippen LogP contribution in [0.15, 0.2) is 46.5 Å². The highest BCUT2D eigenvalue weighted by Crippen LogP contribution is 2.28. The number of carbonyl (C=O) groups excluding carboxylic acids is 1. The molecule has 0 amide bonds. The number of carbonyl (C=O) groups is 1. The molecule has 0 bridgehead atoms. The van der Waals surface area contributed by atoms with Crippen molar-refractivity contribution in [2.75, 3.05) is 26.0 Å². The lowest BCUT2D eigenvalue weighted by Gasteiger charge is -2.12. The average Bonchev–Trinajstić information content (AvgIpc) is 2.63. The van der Waals surface area contributed by atoms with Crippen LogP contribution in [-0.2, 0) is 4.74 Å². The third-order valence-corrected chi connectivity index (χ3v) is 3.49. The molecule has 2 rings (SSSR count). The number of benzene rings is 1. The van der Waals surface area contributed by atoms with Crippen LogP contribution in [0.1, 0.15) is 22.8 Å². The molecule has 0 fully saturated rings. The van der Waals surface area contributed by atoms with E-state index in [0.717, 1.165) is 0 Å². The first-order chi connectivity index (χ1) is 12.6. The highest BCUT2D eigenvalue weighted by atomic mass is 16.5. The van der Waals surface area contributed by atoms with Gasteiger partial charge < -0.3 is 14.8 Å². The molecule has 136 valence electrons. The molecule has 7 nitrogen and oxygen atoms in total. The zero-order valence-corrected chi connectivity index (χ0v) is 15.3. The SMILES string of the molecule is CCOC(=O)c1cccc(Oc2ccnc(NC(C=NC)=NC)c2)c1C. The van der Waals surface area contributed by atoms with E-state index in [-0.39, 0.29) is 5.97 Å². The van der Waals surface area contributed by atoms with Crippen LogP contribution in [0.2, 0.25) is 0 Å². The molecule has 1 N–H and O–H groups in total. The normalized spacial score (nSPS) is 11.5. The van der Waals surface area contributed by atoms with E-state index in [1.54, 1.807) is 63.8 Å². The van der Waals surface area contributed by atoms with E-state index >= 15 is 0 Å². The Hall–Kier alpha value is -3.22. The van der Waals surface area contributed by atoms with Crippen molar-refractivity contribution in [1.82, 2.24) is 4.98 Å². The summed E-state index contributed by atoms with van der Waals surface area (Å²) < 4.78 is 11.0. The van der Waals surface area contributed by atoms with Crippen molar-refractivity contribution in [3.8, 4) is 11.5 Å².